The molecule has 1 aliphatic carbocycles. The molecule has 1 aromatic rings. The summed E-state index contributed by atoms with van der Waals surface area (Å²) in [6.07, 6.45) is 1.81. The minimum Gasteiger partial charge on any atom is -0.480 e. The van der Waals surface area contributed by atoms with Crippen LogP contribution in [0.1, 0.15) is 18.4 Å². The minimum absolute atomic E-state index is 0.237. The molecule has 1 heterocycles. The Hall–Kier alpha value is -0.910. The Morgan fingerprint density at radius 3 is 2.42 bits per heavy atom. The molecular weight excluding hydrogens is 310 g/mol. The minimum atomic E-state index is -0.913. The van der Waals surface area contributed by atoms with Crippen molar-refractivity contribution < 1.29 is 14.6 Å². The van der Waals surface area contributed by atoms with Gasteiger partial charge < -0.3 is 15.2 Å². The molecule has 0 atom stereocenters. The van der Waals surface area contributed by atoms with E-state index in [0.717, 1.165) is 36.0 Å². The molecule has 1 spiro atoms. The van der Waals surface area contributed by atoms with Gasteiger partial charge in [0.05, 0.1) is 5.60 Å². The van der Waals surface area contributed by atoms with Crippen LogP contribution in [0.5, 0.6) is 0 Å². The Morgan fingerprint density at radius 2 is 1.95 bits per heavy atom. The second-order valence-electron chi connectivity index (χ2n) is 5.64. The fourth-order valence-electron chi connectivity index (χ4n) is 3.23. The Morgan fingerprint density at radius 1 is 1.32 bits per heavy atom. The van der Waals surface area contributed by atoms with Gasteiger partial charge in [0.2, 0.25) is 0 Å². The molecule has 1 aliphatic heterocycles. The van der Waals surface area contributed by atoms with Gasteiger partial charge in [-0.3, -0.25) is 0 Å². The molecule has 2 aliphatic rings. The molecule has 0 unspecified atom stereocenters. The van der Waals surface area contributed by atoms with Crippen LogP contribution in [0, 0.1) is 5.41 Å². The van der Waals surface area contributed by atoms with Crippen LogP contribution in [0.3, 0.4) is 0 Å². The molecule has 19 heavy (non-hydrogen) atoms. The first-order valence-electron chi connectivity index (χ1n) is 6.36. The Balaban J connectivity index is 1.80. The van der Waals surface area contributed by atoms with Crippen molar-refractivity contribution in [3.63, 3.8) is 0 Å². The van der Waals surface area contributed by atoms with E-state index in [1.54, 1.807) is 0 Å². The molecule has 2 fully saturated rings. The third-order valence-electron chi connectivity index (χ3n) is 4.16. The monoisotopic (exact) mass is 325 g/mol. The third-order valence-corrected chi connectivity index (χ3v) is 4.69. The maximum absolute atomic E-state index is 10.8. The van der Waals surface area contributed by atoms with Gasteiger partial charge in [0.15, 0.2) is 0 Å². The molecule has 1 saturated carbocycles. The molecule has 1 saturated heterocycles. The van der Waals surface area contributed by atoms with Crippen molar-refractivity contribution >= 4 is 21.9 Å². The van der Waals surface area contributed by atoms with Crippen molar-refractivity contribution in [3.05, 3.63) is 34.3 Å². The summed E-state index contributed by atoms with van der Waals surface area (Å²) in [5, 5.41) is 12.1. The highest BCUT2D eigenvalue weighted by Gasteiger charge is 2.59. The Labute approximate surface area is 120 Å². The number of rotatable bonds is 4. The summed E-state index contributed by atoms with van der Waals surface area (Å²) in [6, 6.07) is 7.99. The smallest absolute Gasteiger partial charge is 0.329 e. The fourth-order valence-corrected chi connectivity index (χ4v) is 3.50. The lowest BCUT2D eigenvalue weighted by molar-refractivity contribution is -0.199. The molecule has 1 aromatic carbocycles. The fraction of sp³-hybridized carbons (Fsp3) is 0.500. The van der Waals surface area contributed by atoms with Crippen molar-refractivity contribution in [2.75, 3.05) is 19.7 Å². The average molecular weight is 326 g/mol. The Bertz CT molecular complexity index is 488. The van der Waals surface area contributed by atoms with Crippen LogP contribution in [0.15, 0.2) is 28.7 Å². The SMILES string of the molecule is O=C(O)COC1(c2ccc(Br)cc2)CC2(CNC2)C1. The van der Waals surface area contributed by atoms with E-state index >= 15 is 0 Å². The van der Waals surface area contributed by atoms with Crippen LogP contribution >= 0.6 is 15.9 Å². The number of nitrogens with one attached hydrogen (secondary N) is 1. The van der Waals surface area contributed by atoms with Crippen molar-refractivity contribution in [3.8, 4) is 0 Å². The predicted octanol–water partition coefficient (Wildman–Crippen LogP) is 2.13. The summed E-state index contributed by atoms with van der Waals surface area (Å²) >= 11 is 3.42. The van der Waals surface area contributed by atoms with E-state index in [-0.39, 0.29) is 6.61 Å². The number of ether oxygens (including phenoxy) is 1. The first-order chi connectivity index (χ1) is 9.04. The summed E-state index contributed by atoms with van der Waals surface area (Å²) < 4.78 is 6.76. The summed E-state index contributed by atoms with van der Waals surface area (Å²) in [5.41, 5.74) is 0.988. The first-order valence-corrected chi connectivity index (χ1v) is 7.16. The number of carbonyl (C=O) groups is 1. The van der Waals surface area contributed by atoms with Gasteiger partial charge >= 0.3 is 5.97 Å². The molecule has 102 valence electrons. The average Bonchev–Trinajstić information content (AvgIpc) is 2.27. The molecule has 5 heteroatoms. The van der Waals surface area contributed by atoms with Crippen LogP contribution in [0.2, 0.25) is 0 Å². The Kier molecular flexibility index (Phi) is 3.15. The van der Waals surface area contributed by atoms with Crippen LogP contribution < -0.4 is 5.32 Å². The largest absolute Gasteiger partial charge is 0.480 e. The van der Waals surface area contributed by atoms with E-state index in [4.69, 9.17) is 9.84 Å². The lowest BCUT2D eigenvalue weighted by atomic mass is 9.54. The molecule has 0 bridgehead atoms. The van der Waals surface area contributed by atoms with E-state index in [1.807, 2.05) is 24.3 Å². The summed E-state index contributed by atoms with van der Waals surface area (Å²) in [6.45, 7) is 1.79. The number of hydrogen-bond acceptors (Lipinski definition) is 3. The highest BCUT2D eigenvalue weighted by atomic mass is 79.9. The van der Waals surface area contributed by atoms with Crippen LogP contribution in [0.4, 0.5) is 0 Å². The number of benzene rings is 1. The van der Waals surface area contributed by atoms with E-state index in [2.05, 4.69) is 21.2 Å². The normalized spacial score (nSPS) is 22.6. The second-order valence-corrected chi connectivity index (χ2v) is 6.56. The van der Waals surface area contributed by atoms with Gasteiger partial charge in [-0.1, -0.05) is 28.1 Å². The molecule has 3 rings (SSSR count). The van der Waals surface area contributed by atoms with Gasteiger partial charge in [-0.25, -0.2) is 4.79 Å². The molecular formula is C14H16BrNO3. The highest BCUT2D eigenvalue weighted by Crippen LogP contribution is 2.58. The number of halogens is 1. The van der Waals surface area contributed by atoms with Crippen molar-refractivity contribution in [2.45, 2.75) is 18.4 Å². The number of aliphatic carboxylic acids is 1. The van der Waals surface area contributed by atoms with E-state index in [1.165, 1.54) is 0 Å². The standard InChI is InChI=1S/C14H16BrNO3/c15-11-3-1-10(2-4-11)14(19-5-12(17)18)6-13(7-14)8-16-9-13/h1-4,16H,5-9H2,(H,17,18). The van der Waals surface area contributed by atoms with E-state index in [9.17, 15) is 4.79 Å². The lowest BCUT2D eigenvalue weighted by Gasteiger charge is -2.60. The zero-order chi connectivity index (χ0) is 13.5. The van der Waals surface area contributed by atoms with Crippen LogP contribution in [-0.4, -0.2) is 30.8 Å². The van der Waals surface area contributed by atoms with Gasteiger partial charge in [-0.2, -0.15) is 0 Å². The summed E-state index contributed by atoms with van der Waals surface area (Å²) in [5.74, 6) is -0.913. The second kappa shape index (κ2) is 4.58. The van der Waals surface area contributed by atoms with Crippen molar-refractivity contribution in [1.82, 2.24) is 5.32 Å². The molecule has 0 radical (unpaired) electrons. The zero-order valence-electron chi connectivity index (χ0n) is 10.5. The van der Waals surface area contributed by atoms with Gasteiger partial charge in [-0.05, 0) is 30.5 Å². The topological polar surface area (TPSA) is 58.6 Å². The first kappa shape index (κ1) is 13.1. The van der Waals surface area contributed by atoms with Gasteiger partial charge in [0, 0.05) is 23.0 Å². The molecule has 2 N–H and O–H groups in total. The maximum atomic E-state index is 10.8. The van der Waals surface area contributed by atoms with Crippen molar-refractivity contribution in [2.24, 2.45) is 5.41 Å². The van der Waals surface area contributed by atoms with Gasteiger partial charge in [0.25, 0.3) is 0 Å². The molecule has 0 aromatic heterocycles. The predicted molar refractivity (Wildman–Crippen MR) is 73.9 cm³/mol. The lowest BCUT2D eigenvalue weighted by Crippen LogP contribution is -2.66. The van der Waals surface area contributed by atoms with E-state index in [0.29, 0.717) is 5.41 Å². The van der Waals surface area contributed by atoms with E-state index < -0.39 is 11.6 Å². The summed E-state index contributed by atoms with van der Waals surface area (Å²) in [4.78, 5) is 10.8. The van der Waals surface area contributed by atoms with Gasteiger partial charge in [-0.15, -0.1) is 0 Å². The molecule has 0 amide bonds. The third kappa shape index (κ3) is 2.30. The summed E-state index contributed by atoms with van der Waals surface area (Å²) in [7, 11) is 0. The van der Waals surface area contributed by atoms with Crippen molar-refractivity contribution in [1.29, 1.82) is 0 Å². The number of carboxylic acids is 1. The highest BCUT2D eigenvalue weighted by molar-refractivity contribution is 9.10. The number of hydrogen-bond donors (Lipinski definition) is 2. The number of carboxylic acid groups (broad SMARTS) is 1. The molecule has 4 nitrogen and oxygen atoms in total. The van der Waals surface area contributed by atoms with Crippen LogP contribution in [0.25, 0.3) is 0 Å². The van der Waals surface area contributed by atoms with Crippen LogP contribution in [-0.2, 0) is 15.1 Å². The quantitative estimate of drug-likeness (QED) is 0.890. The maximum Gasteiger partial charge on any atom is 0.329 e. The zero-order valence-corrected chi connectivity index (χ0v) is 12.1. The van der Waals surface area contributed by atoms with Gasteiger partial charge in [0.1, 0.15) is 6.61 Å².